The molecule has 1 heterocycles. The Kier molecular flexibility index (Phi) is 7.95. The summed E-state index contributed by atoms with van der Waals surface area (Å²) in [5.41, 5.74) is 6.67. The van der Waals surface area contributed by atoms with Crippen molar-refractivity contribution in [1.29, 1.82) is 0 Å². The summed E-state index contributed by atoms with van der Waals surface area (Å²) < 4.78 is 0. The van der Waals surface area contributed by atoms with E-state index in [2.05, 4.69) is 29.4 Å². The summed E-state index contributed by atoms with van der Waals surface area (Å²) in [6, 6.07) is 1.91. The van der Waals surface area contributed by atoms with E-state index in [0.29, 0.717) is 24.7 Å². The first-order valence-electron chi connectivity index (χ1n) is 7.73. The lowest BCUT2D eigenvalue weighted by Gasteiger charge is -2.14. The molecule has 0 bridgehead atoms. The van der Waals surface area contributed by atoms with E-state index in [4.69, 9.17) is 5.73 Å². The van der Waals surface area contributed by atoms with Gasteiger partial charge >= 0.3 is 0 Å². The van der Waals surface area contributed by atoms with Crippen LogP contribution in [0.2, 0.25) is 0 Å². The van der Waals surface area contributed by atoms with Crippen molar-refractivity contribution in [2.24, 2.45) is 11.7 Å². The van der Waals surface area contributed by atoms with Crippen molar-refractivity contribution >= 4 is 11.7 Å². The van der Waals surface area contributed by atoms with Gasteiger partial charge in [-0.15, -0.1) is 0 Å². The highest BCUT2D eigenvalue weighted by Gasteiger charge is 2.11. The molecule has 114 valence electrons. The molecule has 0 fully saturated rings. The fraction of sp³-hybridized carbons (Fsp3) is 0.733. The molecule has 0 aliphatic rings. The average Bonchev–Trinajstić information content (AvgIpc) is 2.84. The minimum absolute atomic E-state index is 0.0395. The number of nitrogens with two attached hydrogens (primary N) is 1. The van der Waals surface area contributed by atoms with Crippen LogP contribution < -0.4 is 11.1 Å². The molecule has 1 rings (SSSR count). The highest BCUT2D eigenvalue weighted by atomic mass is 16.1. The van der Waals surface area contributed by atoms with Gasteiger partial charge in [0.25, 0.3) is 0 Å². The minimum Gasteiger partial charge on any atom is -0.330 e. The van der Waals surface area contributed by atoms with E-state index in [0.717, 1.165) is 44.2 Å². The summed E-state index contributed by atoms with van der Waals surface area (Å²) in [7, 11) is 0. The Labute approximate surface area is 121 Å². The van der Waals surface area contributed by atoms with Gasteiger partial charge in [-0.3, -0.25) is 9.89 Å². The van der Waals surface area contributed by atoms with Crippen molar-refractivity contribution in [3.05, 3.63) is 11.8 Å². The van der Waals surface area contributed by atoms with Gasteiger partial charge < -0.3 is 11.1 Å². The van der Waals surface area contributed by atoms with Gasteiger partial charge in [-0.25, -0.2) is 0 Å². The maximum atomic E-state index is 11.9. The van der Waals surface area contributed by atoms with E-state index < -0.39 is 0 Å². The quantitative estimate of drug-likeness (QED) is 0.616. The molecule has 1 aromatic heterocycles. The fourth-order valence-corrected chi connectivity index (χ4v) is 2.44. The molecule has 0 aliphatic heterocycles. The Morgan fingerprint density at radius 1 is 1.35 bits per heavy atom. The number of carbonyl (C=O) groups excluding carboxylic acids is 1. The molecule has 0 saturated carbocycles. The van der Waals surface area contributed by atoms with Crippen molar-refractivity contribution in [1.82, 2.24) is 10.2 Å². The van der Waals surface area contributed by atoms with Gasteiger partial charge in [0, 0.05) is 18.2 Å². The molecule has 1 aromatic rings. The monoisotopic (exact) mass is 280 g/mol. The molecule has 1 amide bonds. The molecule has 0 aliphatic carbocycles. The molecule has 0 saturated heterocycles. The van der Waals surface area contributed by atoms with Crippen LogP contribution in [-0.4, -0.2) is 22.6 Å². The van der Waals surface area contributed by atoms with Crippen LogP contribution in [0.3, 0.4) is 0 Å². The van der Waals surface area contributed by atoms with E-state index >= 15 is 0 Å². The third kappa shape index (κ3) is 6.19. The number of hydrogen-bond acceptors (Lipinski definition) is 3. The maximum Gasteiger partial charge on any atom is 0.225 e. The number of hydrogen-bond donors (Lipinski definition) is 3. The topological polar surface area (TPSA) is 83.8 Å². The number of anilines is 1. The van der Waals surface area contributed by atoms with Crippen LogP contribution in [0.25, 0.3) is 0 Å². The van der Waals surface area contributed by atoms with Gasteiger partial charge in [0.2, 0.25) is 5.91 Å². The second kappa shape index (κ2) is 9.53. The third-order valence-electron chi connectivity index (χ3n) is 3.47. The molecular weight excluding hydrogens is 252 g/mol. The Morgan fingerprint density at radius 3 is 2.80 bits per heavy atom. The Bertz CT molecular complexity index is 383. The molecule has 0 radical (unpaired) electrons. The number of carbonyl (C=O) groups is 1. The van der Waals surface area contributed by atoms with Crippen LogP contribution in [-0.2, 0) is 11.2 Å². The number of aromatic amines is 1. The number of aromatic nitrogens is 2. The number of H-pyrrole nitrogens is 1. The van der Waals surface area contributed by atoms with Crippen molar-refractivity contribution < 1.29 is 4.79 Å². The van der Waals surface area contributed by atoms with Crippen LogP contribution in [0.15, 0.2) is 6.07 Å². The summed E-state index contributed by atoms with van der Waals surface area (Å²) in [6.07, 6.45) is 6.76. The highest BCUT2D eigenvalue weighted by molar-refractivity contribution is 5.89. The van der Waals surface area contributed by atoms with Crippen molar-refractivity contribution in [2.75, 3.05) is 11.9 Å². The predicted octanol–water partition coefficient (Wildman–Crippen LogP) is 2.85. The van der Waals surface area contributed by atoms with Crippen LogP contribution in [0.1, 0.15) is 58.1 Å². The molecule has 0 spiro atoms. The van der Waals surface area contributed by atoms with E-state index in [1.807, 2.05) is 6.07 Å². The molecule has 5 nitrogen and oxygen atoms in total. The van der Waals surface area contributed by atoms with Crippen molar-refractivity contribution in [2.45, 2.75) is 58.8 Å². The van der Waals surface area contributed by atoms with E-state index in [-0.39, 0.29) is 5.91 Å². The molecule has 20 heavy (non-hydrogen) atoms. The zero-order chi connectivity index (χ0) is 14.8. The van der Waals surface area contributed by atoms with Gasteiger partial charge in [-0.2, -0.15) is 5.10 Å². The van der Waals surface area contributed by atoms with Crippen LogP contribution >= 0.6 is 0 Å². The predicted molar refractivity (Wildman–Crippen MR) is 82.5 cm³/mol. The minimum atomic E-state index is 0.0395. The molecule has 5 heteroatoms. The average molecular weight is 280 g/mol. The first-order valence-corrected chi connectivity index (χ1v) is 7.73. The Hall–Kier alpha value is -1.36. The molecule has 0 aromatic carbocycles. The van der Waals surface area contributed by atoms with Gasteiger partial charge in [0.15, 0.2) is 5.82 Å². The normalized spacial score (nSPS) is 12.3. The molecule has 1 unspecified atom stereocenters. The van der Waals surface area contributed by atoms with Gasteiger partial charge in [0.1, 0.15) is 0 Å². The second-order valence-electron chi connectivity index (χ2n) is 5.35. The largest absolute Gasteiger partial charge is 0.330 e. The lowest BCUT2D eigenvalue weighted by molar-refractivity contribution is -0.116. The summed E-state index contributed by atoms with van der Waals surface area (Å²) in [5.74, 6) is 1.23. The lowest BCUT2D eigenvalue weighted by Crippen LogP contribution is -2.15. The van der Waals surface area contributed by atoms with Crippen LogP contribution in [0.5, 0.6) is 0 Å². The van der Waals surface area contributed by atoms with Gasteiger partial charge in [-0.05, 0) is 31.7 Å². The fourth-order valence-electron chi connectivity index (χ4n) is 2.44. The summed E-state index contributed by atoms with van der Waals surface area (Å²) >= 11 is 0. The SMILES string of the molecule is CCCc1cc(NC(=O)CCC(CCC)CCN)n[nH]1. The van der Waals surface area contributed by atoms with Gasteiger partial charge in [0.05, 0.1) is 0 Å². The number of amides is 1. The van der Waals surface area contributed by atoms with E-state index in [1.54, 1.807) is 0 Å². The number of rotatable bonds is 10. The first kappa shape index (κ1) is 16.7. The second-order valence-corrected chi connectivity index (χ2v) is 5.35. The van der Waals surface area contributed by atoms with Crippen molar-refractivity contribution in [3.63, 3.8) is 0 Å². The Balaban J connectivity index is 2.34. The Morgan fingerprint density at radius 2 is 2.15 bits per heavy atom. The number of nitrogens with one attached hydrogen (secondary N) is 2. The van der Waals surface area contributed by atoms with Crippen LogP contribution in [0, 0.1) is 5.92 Å². The zero-order valence-corrected chi connectivity index (χ0v) is 12.7. The van der Waals surface area contributed by atoms with Crippen LogP contribution in [0.4, 0.5) is 5.82 Å². The molecule has 4 N–H and O–H groups in total. The number of nitrogens with zero attached hydrogens (tertiary/aromatic N) is 1. The highest BCUT2D eigenvalue weighted by Crippen LogP contribution is 2.17. The summed E-state index contributed by atoms with van der Waals surface area (Å²) in [4.78, 5) is 11.9. The third-order valence-corrected chi connectivity index (χ3v) is 3.47. The standard InChI is InChI=1S/C15H28N4O/c1-3-5-12(9-10-16)7-8-15(20)17-14-11-13(6-4-2)18-19-14/h11-12H,3-10,16H2,1-2H3,(H2,17,18,19,20). The first-order chi connectivity index (χ1) is 9.69. The van der Waals surface area contributed by atoms with E-state index in [1.165, 1.54) is 0 Å². The van der Waals surface area contributed by atoms with E-state index in [9.17, 15) is 4.79 Å². The maximum absolute atomic E-state index is 11.9. The lowest BCUT2D eigenvalue weighted by atomic mass is 9.94. The summed E-state index contributed by atoms with van der Waals surface area (Å²) in [5, 5.41) is 9.88. The summed E-state index contributed by atoms with van der Waals surface area (Å²) in [6.45, 7) is 4.99. The molecule has 1 atom stereocenters. The number of aryl methyl sites for hydroxylation is 1. The molecular formula is C15H28N4O. The van der Waals surface area contributed by atoms with Crippen molar-refractivity contribution in [3.8, 4) is 0 Å². The smallest absolute Gasteiger partial charge is 0.225 e. The zero-order valence-electron chi connectivity index (χ0n) is 12.7. The van der Waals surface area contributed by atoms with Gasteiger partial charge in [-0.1, -0.05) is 33.1 Å².